The molecule has 11 heteroatoms. The number of amides is 1. The fourth-order valence-electron chi connectivity index (χ4n) is 4.92. The molecule has 0 aromatic carbocycles. The Bertz CT molecular complexity index is 1380. The SMILES string of the molecule is CCCCn1c(N2CCC(C(=O)OCC)CC2)c(/C=C2\SC(=S)N(Cc3ccco3)C2=O)c(C)c(C#N)c1=O. The maximum Gasteiger partial charge on any atom is 0.309 e. The summed E-state index contributed by atoms with van der Waals surface area (Å²) in [6.07, 6.45) is 6.10. The summed E-state index contributed by atoms with van der Waals surface area (Å²) in [5.74, 6) is 0.643. The van der Waals surface area contributed by atoms with E-state index in [4.69, 9.17) is 21.4 Å². The maximum absolute atomic E-state index is 13.5. The molecule has 2 aliphatic rings. The predicted molar refractivity (Wildman–Crippen MR) is 154 cm³/mol. The Kier molecular flexibility index (Phi) is 9.30. The molecule has 4 heterocycles. The molecule has 39 heavy (non-hydrogen) atoms. The topological polar surface area (TPSA) is 109 Å². The number of aromatic nitrogens is 1. The first-order valence-corrected chi connectivity index (χ1v) is 14.4. The number of thioether (sulfide) groups is 1. The first-order valence-electron chi connectivity index (χ1n) is 13.2. The van der Waals surface area contributed by atoms with Gasteiger partial charge in [0, 0.05) is 25.2 Å². The lowest BCUT2D eigenvalue weighted by atomic mass is 9.95. The van der Waals surface area contributed by atoms with E-state index in [1.165, 1.54) is 16.7 Å². The first kappa shape index (κ1) is 28.6. The largest absolute Gasteiger partial charge is 0.467 e. The standard InChI is InChI=1S/C28H32N4O5S2/c1-4-6-11-31-24(30-12-9-19(10-13-30)27(35)36-5-2)21(18(3)22(16-29)25(31)33)15-23-26(34)32(28(38)39-23)17-20-8-7-14-37-20/h7-8,14-15,19H,4-6,9-13,17H2,1-3H3/b23-15-. The van der Waals surface area contributed by atoms with Gasteiger partial charge in [0.05, 0.1) is 30.2 Å². The summed E-state index contributed by atoms with van der Waals surface area (Å²) < 4.78 is 12.7. The molecule has 0 atom stereocenters. The van der Waals surface area contributed by atoms with Crippen molar-refractivity contribution < 1.29 is 18.7 Å². The van der Waals surface area contributed by atoms with E-state index in [9.17, 15) is 19.6 Å². The minimum Gasteiger partial charge on any atom is -0.467 e. The van der Waals surface area contributed by atoms with Gasteiger partial charge in [-0.1, -0.05) is 37.3 Å². The number of rotatable bonds is 9. The lowest BCUT2D eigenvalue weighted by molar-refractivity contribution is -0.148. The second-order valence-corrected chi connectivity index (χ2v) is 11.2. The van der Waals surface area contributed by atoms with Gasteiger partial charge in [-0.05, 0) is 56.9 Å². The van der Waals surface area contributed by atoms with Crippen LogP contribution in [0.3, 0.4) is 0 Å². The number of furan rings is 1. The van der Waals surface area contributed by atoms with E-state index < -0.39 is 0 Å². The third kappa shape index (κ3) is 5.97. The number of carbonyl (C=O) groups is 2. The van der Waals surface area contributed by atoms with E-state index in [2.05, 4.69) is 11.0 Å². The van der Waals surface area contributed by atoms with E-state index in [1.54, 1.807) is 42.9 Å². The number of unbranched alkanes of at least 4 members (excludes halogenated alkanes) is 1. The second kappa shape index (κ2) is 12.7. The Morgan fingerprint density at radius 3 is 2.67 bits per heavy atom. The zero-order valence-corrected chi connectivity index (χ0v) is 24.0. The molecule has 9 nitrogen and oxygen atoms in total. The van der Waals surface area contributed by atoms with Crippen molar-refractivity contribution in [1.82, 2.24) is 9.47 Å². The van der Waals surface area contributed by atoms with E-state index in [0.29, 0.717) is 71.0 Å². The van der Waals surface area contributed by atoms with Crippen molar-refractivity contribution in [3.05, 3.63) is 56.1 Å². The Balaban J connectivity index is 1.77. The number of hydrogen-bond donors (Lipinski definition) is 0. The van der Waals surface area contributed by atoms with Gasteiger partial charge >= 0.3 is 5.97 Å². The first-order chi connectivity index (χ1) is 18.8. The van der Waals surface area contributed by atoms with E-state index in [-0.39, 0.29) is 35.5 Å². The number of piperidine rings is 1. The van der Waals surface area contributed by atoms with Crippen molar-refractivity contribution in [3.63, 3.8) is 0 Å². The summed E-state index contributed by atoms with van der Waals surface area (Å²) in [4.78, 5) is 43.2. The van der Waals surface area contributed by atoms with Crippen molar-refractivity contribution in [2.24, 2.45) is 5.92 Å². The predicted octanol–water partition coefficient (Wildman–Crippen LogP) is 4.60. The highest BCUT2D eigenvalue weighted by molar-refractivity contribution is 8.26. The molecule has 206 valence electrons. The van der Waals surface area contributed by atoms with Gasteiger partial charge in [-0.2, -0.15) is 5.26 Å². The van der Waals surface area contributed by atoms with Crippen LogP contribution >= 0.6 is 24.0 Å². The molecule has 2 aromatic rings. The lowest BCUT2D eigenvalue weighted by Gasteiger charge is -2.35. The average molecular weight is 569 g/mol. The summed E-state index contributed by atoms with van der Waals surface area (Å²) in [6, 6.07) is 5.63. The molecular weight excluding hydrogens is 536 g/mol. The molecular formula is C28H32N4O5S2. The van der Waals surface area contributed by atoms with Gasteiger partial charge in [0.2, 0.25) is 0 Å². The van der Waals surface area contributed by atoms with Crippen molar-refractivity contribution in [2.45, 2.75) is 59.5 Å². The fraction of sp³-hybridized carbons (Fsp3) is 0.464. The average Bonchev–Trinajstić information content (AvgIpc) is 3.54. The molecule has 0 radical (unpaired) electrons. The molecule has 2 saturated heterocycles. The zero-order valence-electron chi connectivity index (χ0n) is 22.4. The molecule has 2 aliphatic heterocycles. The van der Waals surface area contributed by atoms with Gasteiger partial charge in [0.15, 0.2) is 0 Å². The fourth-order valence-corrected chi connectivity index (χ4v) is 6.16. The van der Waals surface area contributed by atoms with Gasteiger partial charge in [-0.3, -0.25) is 23.9 Å². The van der Waals surface area contributed by atoms with Crippen LogP contribution in [0.15, 0.2) is 32.5 Å². The normalized spacial score (nSPS) is 17.2. The van der Waals surface area contributed by atoms with Crippen LogP contribution in [0, 0.1) is 24.2 Å². The van der Waals surface area contributed by atoms with E-state index in [1.807, 2.05) is 6.92 Å². The smallest absolute Gasteiger partial charge is 0.309 e. The number of ether oxygens (including phenoxy) is 1. The highest BCUT2D eigenvalue weighted by atomic mass is 32.2. The number of hydrogen-bond acceptors (Lipinski definition) is 9. The zero-order chi connectivity index (χ0) is 28.1. The van der Waals surface area contributed by atoms with E-state index >= 15 is 0 Å². The molecule has 2 fully saturated rings. The van der Waals surface area contributed by atoms with Crippen LogP contribution in [0.5, 0.6) is 0 Å². The number of pyridine rings is 1. The third-order valence-corrected chi connectivity index (χ3v) is 8.42. The van der Waals surface area contributed by atoms with Gasteiger partial charge in [-0.15, -0.1) is 0 Å². The van der Waals surface area contributed by atoms with Crippen LogP contribution in [0.2, 0.25) is 0 Å². The quantitative estimate of drug-likeness (QED) is 0.243. The number of thiocarbonyl (C=S) groups is 1. The molecule has 0 aliphatic carbocycles. The Hall–Kier alpha value is -3.36. The monoisotopic (exact) mass is 568 g/mol. The van der Waals surface area contributed by atoms with Gasteiger partial charge in [0.1, 0.15) is 27.5 Å². The Morgan fingerprint density at radius 1 is 1.31 bits per heavy atom. The number of nitriles is 1. The second-order valence-electron chi connectivity index (χ2n) is 9.52. The number of carbonyl (C=O) groups excluding carboxylic acids is 2. The Morgan fingerprint density at radius 2 is 2.05 bits per heavy atom. The van der Waals surface area contributed by atoms with Crippen molar-refractivity contribution in [2.75, 3.05) is 24.6 Å². The molecule has 2 aromatic heterocycles. The molecule has 0 bridgehead atoms. The molecule has 0 N–H and O–H groups in total. The van der Waals surface area contributed by atoms with Crippen LogP contribution < -0.4 is 10.5 Å². The van der Waals surface area contributed by atoms with Crippen LogP contribution in [-0.4, -0.2) is 45.4 Å². The lowest BCUT2D eigenvalue weighted by Crippen LogP contribution is -2.41. The minimum absolute atomic E-state index is 0.0635. The number of nitrogens with zero attached hydrogens (tertiary/aromatic N) is 4. The maximum atomic E-state index is 13.5. The van der Waals surface area contributed by atoms with Crippen LogP contribution in [0.1, 0.15) is 62.0 Å². The highest BCUT2D eigenvalue weighted by Gasteiger charge is 2.35. The van der Waals surface area contributed by atoms with Gasteiger partial charge < -0.3 is 14.1 Å². The van der Waals surface area contributed by atoms with Crippen molar-refractivity contribution >= 4 is 52.1 Å². The van der Waals surface area contributed by atoms with Crippen molar-refractivity contribution in [3.8, 4) is 6.07 Å². The summed E-state index contributed by atoms with van der Waals surface area (Å²) >= 11 is 6.70. The summed E-state index contributed by atoms with van der Waals surface area (Å²) in [5.41, 5.74) is 0.895. The minimum atomic E-state index is -0.339. The highest BCUT2D eigenvalue weighted by Crippen LogP contribution is 2.37. The number of anilines is 1. The van der Waals surface area contributed by atoms with Gasteiger partial charge in [-0.25, -0.2) is 0 Å². The van der Waals surface area contributed by atoms with Gasteiger partial charge in [0.25, 0.3) is 11.5 Å². The van der Waals surface area contributed by atoms with Crippen molar-refractivity contribution in [1.29, 1.82) is 5.26 Å². The van der Waals surface area contributed by atoms with Crippen LogP contribution in [0.25, 0.3) is 6.08 Å². The van der Waals surface area contributed by atoms with Crippen LogP contribution in [0.4, 0.5) is 5.82 Å². The Labute approximate surface area is 237 Å². The van der Waals surface area contributed by atoms with Crippen LogP contribution in [-0.2, 0) is 27.4 Å². The molecule has 0 spiro atoms. The third-order valence-electron chi connectivity index (χ3n) is 7.04. The molecule has 1 amide bonds. The number of esters is 1. The molecule has 4 rings (SSSR count). The molecule has 0 saturated carbocycles. The summed E-state index contributed by atoms with van der Waals surface area (Å²) in [7, 11) is 0. The summed E-state index contributed by atoms with van der Waals surface area (Å²) in [6.45, 7) is 7.67. The molecule has 0 unspecified atom stereocenters. The van der Waals surface area contributed by atoms with E-state index in [0.717, 1.165) is 12.8 Å². The summed E-state index contributed by atoms with van der Waals surface area (Å²) in [5, 5.41) is 9.90.